The Hall–Kier alpha value is -4.01. The van der Waals surface area contributed by atoms with Gasteiger partial charge in [-0.3, -0.25) is 9.89 Å². The van der Waals surface area contributed by atoms with E-state index in [4.69, 9.17) is 11.5 Å². The first-order chi connectivity index (χ1) is 12.6. The van der Waals surface area contributed by atoms with Gasteiger partial charge in [-0.15, -0.1) is 5.11 Å². The van der Waals surface area contributed by atoms with Crippen molar-refractivity contribution in [2.75, 3.05) is 11.5 Å². The SMILES string of the molecule is Nc1n[nH]c(N)c1/N=N/c1ccc(-c2nc3ccccc3[nH]c2=O)cc1. The monoisotopic (exact) mass is 346 g/mol. The predicted octanol–water partition coefficient (Wildman–Crippen LogP) is 2.89. The molecular weight excluding hydrogens is 332 g/mol. The molecule has 0 aliphatic carbocycles. The number of nitrogens with zero attached hydrogens (tertiary/aromatic N) is 4. The van der Waals surface area contributed by atoms with E-state index in [1.165, 1.54) is 0 Å². The van der Waals surface area contributed by atoms with E-state index in [1.54, 1.807) is 24.3 Å². The Morgan fingerprint density at radius 1 is 0.962 bits per heavy atom. The molecule has 0 unspecified atom stereocenters. The molecule has 4 rings (SSSR count). The molecule has 0 aliphatic rings. The summed E-state index contributed by atoms with van der Waals surface area (Å²) >= 11 is 0. The lowest BCUT2D eigenvalue weighted by Gasteiger charge is -2.03. The number of H-pyrrole nitrogens is 2. The molecule has 128 valence electrons. The van der Waals surface area contributed by atoms with E-state index in [-0.39, 0.29) is 17.2 Å². The first kappa shape index (κ1) is 15.5. The maximum absolute atomic E-state index is 12.3. The molecule has 0 radical (unpaired) electrons. The number of azo groups is 1. The van der Waals surface area contributed by atoms with Gasteiger partial charge in [-0.1, -0.05) is 24.3 Å². The van der Waals surface area contributed by atoms with Crippen LogP contribution in [0.25, 0.3) is 22.3 Å². The van der Waals surface area contributed by atoms with Gasteiger partial charge in [-0.2, -0.15) is 10.2 Å². The molecule has 0 atom stereocenters. The van der Waals surface area contributed by atoms with Crippen LogP contribution < -0.4 is 17.0 Å². The van der Waals surface area contributed by atoms with E-state index in [9.17, 15) is 4.79 Å². The second kappa shape index (κ2) is 6.13. The number of benzene rings is 2. The van der Waals surface area contributed by atoms with Crippen molar-refractivity contribution in [3.05, 3.63) is 58.9 Å². The highest BCUT2D eigenvalue weighted by Crippen LogP contribution is 2.28. The number of nitrogens with two attached hydrogens (primary N) is 2. The topological polar surface area (TPSA) is 151 Å². The summed E-state index contributed by atoms with van der Waals surface area (Å²) in [6, 6.07) is 14.3. The van der Waals surface area contributed by atoms with Gasteiger partial charge in [0.1, 0.15) is 11.5 Å². The van der Waals surface area contributed by atoms with Crippen LogP contribution in [0.1, 0.15) is 0 Å². The summed E-state index contributed by atoms with van der Waals surface area (Å²) in [7, 11) is 0. The van der Waals surface area contributed by atoms with Crippen LogP contribution in [0.15, 0.2) is 63.6 Å². The van der Waals surface area contributed by atoms with E-state index in [0.29, 0.717) is 28.1 Å². The van der Waals surface area contributed by atoms with Crippen molar-refractivity contribution in [2.45, 2.75) is 0 Å². The molecule has 0 bridgehead atoms. The second-order valence-corrected chi connectivity index (χ2v) is 5.55. The van der Waals surface area contributed by atoms with Crippen LogP contribution in [0.5, 0.6) is 0 Å². The smallest absolute Gasteiger partial charge is 0.274 e. The first-order valence-corrected chi connectivity index (χ1v) is 7.72. The predicted molar refractivity (Wildman–Crippen MR) is 99.4 cm³/mol. The summed E-state index contributed by atoms with van der Waals surface area (Å²) in [6.07, 6.45) is 0. The van der Waals surface area contributed by atoms with E-state index in [2.05, 4.69) is 30.4 Å². The van der Waals surface area contributed by atoms with E-state index in [0.717, 1.165) is 5.52 Å². The normalized spacial score (nSPS) is 11.4. The number of para-hydroxylation sites is 2. The number of anilines is 2. The summed E-state index contributed by atoms with van der Waals surface area (Å²) < 4.78 is 0. The highest BCUT2D eigenvalue weighted by Gasteiger charge is 2.08. The fourth-order valence-electron chi connectivity index (χ4n) is 2.49. The van der Waals surface area contributed by atoms with Crippen LogP contribution in [0.4, 0.5) is 23.0 Å². The average Bonchev–Trinajstić information content (AvgIpc) is 2.98. The molecule has 0 saturated heterocycles. The molecule has 6 N–H and O–H groups in total. The van der Waals surface area contributed by atoms with Crippen molar-refractivity contribution >= 4 is 34.0 Å². The van der Waals surface area contributed by atoms with Gasteiger partial charge in [0.2, 0.25) is 0 Å². The largest absolute Gasteiger partial charge is 0.382 e. The third-order valence-corrected chi connectivity index (χ3v) is 3.80. The summed E-state index contributed by atoms with van der Waals surface area (Å²) in [5.74, 6) is 0.421. The maximum atomic E-state index is 12.3. The summed E-state index contributed by atoms with van der Waals surface area (Å²) in [4.78, 5) is 19.5. The third-order valence-electron chi connectivity index (χ3n) is 3.80. The van der Waals surface area contributed by atoms with Gasteiger partial charge in [-0.05, 0) is 24.3 Å². The van der Waals surface area contributed by atoms with Crippen LogP contribution in [0.3, 0.4) is 0 Å². The molecule has 0 spiro atoms. The third kappa shape index (κ3) is 2.77. The number of aromatic amines is 2. The Balaban J connectivity index is 1.66. The minimum atomic E-state index is -0.253. The zero-order valence-electron chi connectivity index (χ0n) is 13.5. The number of nitrogens with one attached hydrogen (secondary N) is 2. The summed E-state index contributed by atoms with van der Waals surface area (Å²) in [5.41, 5.74) is 14.4. The molecule has 9 heteroatoms. The van der Waals surface area contributed by atoms with Crippen molar-refractivity contribution < 1.29 is 0 Å². The van der Waals surface area contributed by atoms with Gasteiger partial charge >= 0.3 is 0 Å². The number of hydrogen-bond acceptors (Lipinski definition) is 7. The molecular formula is C17H14N8O. The van der Waals surface area contributed by atoms with Crippen LogP contribution in [-0.2, 0) is 0 Å². The van der Waals surface area contributed by atoms with Crippen molar-refractivity contribution in [3.63, 3.8) is 0 Å². The number of aromatic nitrogens is 4. The molecule has 2 heterocycles. The van der Waals surface area contributed by atoms with Gasteiger partial charge in [0.05, 0.1) is 16.7 Å². The quantitative estimate of drug-likeness (QED) is 0.420. The summed E-state index contributed by atoms with van der Waals surface area (Å²) in [5, 5.41) is 14.3. The van der Waals surface area contributed by atoms with Crippen molar-refractivity contribution in [1.82, 2.24) is 20.2 Å². The lowest BCUT2D eigenvalue weighted by atomic mass is 10.1. The van der Waals surface area contributed by atoms with Gasteiger partial charge in [-0.25, -0.2) is 4.98 Å². The molecule has 0 aliphatic heterocycles. The Bertz CT molecular complexity index is 1150. The molecule has 0 saturated carbocycles. The minimum absolute atomic E-state index is 0.176. The number of nitrogen functional groups attached to an aromatic ring is 2. The Kier molecular flexibility index (Phi) is 3.66. The number of fused-ring (bicyclic) bond motifs is 1. The van der Waals surface area contributed by atoms with E-state index < -0.39 is 0 Å². The first-order valence-electron chi connectivity index (χ1n) is 7.72. The molecule has 26 heavy (non-hydrogen) atoms. The number of rotatable bonds is 3. The molecule has 0 fully saturated rings. The Labute approximate surface area is 146 Å². The van der Waals surface area contributed by atoms with Gasteiger partial charge < -0.3 is 16.5 Å². The fourth-order valence-corrected chi connectivity index (χ4v) is 2.49. The van der Waals surface area contributed by atoms with Crippen LogP contribution in [0, 0.1) is 0 Å². The molecule has 0 amide bonds. The van der Waals surface area contributed by atoms with Crippen molar-refractivity contribution in [1.29, 1.82) is 0 Å². The van der Waals surface area contributed by atoms with Crippen LogP contribution >= 0.6 is 0 Å². The average molecular weight is 346 g/mol. The maximum Gasteiger partial charge on any atom is 0.274 e. The van der Waals surface area contributed by atoms with Crippen molar-refractivity contribution in [3.8, 4) is 11.3 Å². The molecule has 2 aromatic heterocycles. The van der Waals surface area contributed by atoms with Crippen LogP contribution in [0.2, 0.25) is 0 Å². The Morgan fingerprint density at radius 3 is 2.46 bits per heavy atom. The Morgan fingerprint density at radius 2 is 1.73 bits per heavy atom. The molecule has 4 aromatic rings. The highest BCUT2D eigenvalue weighted by atomic mass is 16.1. The van der Waals surface area contributed by atoms with E-state index >= 15 is 0 Å². The summed E-state index contributed by atoms with van der Waals surface area (Å²) in [6.45, 7) is 0. The van der Waals surface area contributed by atoms with E-state index in [1.807, 2.05) is 24.3 Å². The highest BCUT2D eigenvalue weighted by molar-refractivity contribution is 5.77. The zero-order valence-corrected chi connectivity index (χ0v) is 13.5. The molecule has 9 nitrogen and oxygen atoms in total. The van der Waals surface area contributed by atoms with Gasteiger partial charge in [0.25, 0.3) is 5.56 Å². The lowest BCUT2D eigenvalue weighted by Crippen LogP contribution is -2.11. The second-order valence-electron chi connectivity index (χ2n) is 5.55. The molecule has 2 aromatic carbocycles. The number of hydrogen-bond donors (Lipinski definition) is 4. The van der Waals surface area contributed by atoms with Gasteiger partial charge in [0, 0.05) is 5.56 Å². The fraction of sp³-hybridized carbons (Fsp3) is 0. The zero-order chi connectivity index (χ0) is 18.1. The lowest BCUT2D eigenvalue weighted by molar-refractivity contribution is 1.11. The van der Waals surface area contributed by atoms with Crippen LogP contribution in [-0.4, -0.2) is 20.2 Å². The van der Waals surface area contributed by atoms with Crippen molar-refractivity contribution in [2.24, 2.45) is 10.2 Å². The standard InChI is InChI=1S/C17H14N8O/c18-15-14(16(19)25-24-15)23-22-10-7-5-9(6-8-10)13-17(26)21-12-4-2-1-3-11(12)20-13/h1-8H,(H,21,26)(H5,18,19,24,25)/b23-22+. The minimum Gasteiger partial charge on any atom is -0.382 e. The van der Waals surface area contributed by atoms with Gasteiger partial charge in [0.15, 0.2) is 11.5 Å².